The minimum atomic E-state index is -4.53. The van der Waals surface area contributed by atoms with Crippen molar-refractivity contribution in [2.75, 3.05) is 22.9 Å². The van der Waals surface area contributed by atoms with Crippen LogP contribution in [0.2, 0.25) is 0 Å². The molecule has 2 rings (SSSR count). The third-order valence-corrected chi connectivity index (χ3v) is 5.23. The molecule has 182 valence electrons. The summed E-state index contributed by atoms with van der Waals surface area (Å²) in [5.41, 5.74) is -0.995. The Labute approximate surface area is 193 Å². The molecular weight excluding hydrogens is 486 g/mol. The Hall–Kier alpha value is -2.45. The van der Waals surface area contributed by atoms with Gasteiger partial charge in [0.15, 0.2) is 5.16 Å². The number of halogens is 4. The molecule has 0 aliphatic heterocycles. The monoisotopic (exact) mass is 509 g/mol. The fourth-order valence-electron chi connectivity index (χ4n) is 2.61. The van der Waals surface area contributed by atoms with E-state index in [1.807, 2.05) is 13.8 Å². The Morgan fingerprint density at radius 1 is 1.15 bits per heavy atom. The molecule has 0 fully saturated rings. The van der Waals surface area contributed by atoms with E-state index in [1.54, 1.807) is 0 Å². The maximum Gasteiger partial charge on any atom is 0.416 e. The van der Waals surface area contributed by atoms with Gasteiger partial charge in [0.2, 0.25) is 21.9 Å². The molecule has 33 heavy (non-hydrogen) atoms. The predicted molar refractivity (Wildman–Crippen MR) is 119 cm³/mol. The van der Waals surface area contributed by atoms with Crippen LogP contribution in [0.25, 0.3) is 5.83 Å². The van der Waals surface area contributed by atoms with Gasteiger partial charge in [-0.05, 0) is 24.5 Å². The summed E-state index contributed by atoms with van der Waals surface area (Å²) in [5, 5.41) is 13.3. The van der Waals surface area contributed by atoms with Crippen molar-refractivity contribution in [1.29, 1.82) is 0 Å². The van der Waals surface area contributed by atoms with Crippen LogP contribution in [0.3, 0.4) is 0 Å². The molecule has 1 heterocycles. The molecule has 0 aliphatic rings. The topological polar surface area (TPSA) is 117 Å². The molecule has 1 atom stereocenters. The average Bonchev–Trinajstić information content (AvgIpc) is 2.69. The highest BCUT2D eigenvalue weighted by molar-refractivity contribution is 8.02. The van der Waals surface area contributed by atoms with Crippen molar-refractivity contribution in [3.05, 3.63) is 40.8 Å². The molecular formula is C19H23F4N5O3S2. The second-order valence-electron chi connectivity index (χ2n) is 7.45. The molecule has 1 aromatic carbocycles. The van der Waals surface area contributed by atoms with E-state index in [0.717, 1.165) is 35.9 Å². The average molecular weight is 510 g/mol. The summed E-state index contributed by atoms with van der Waals surface area (Å²) in [7, 11) is -3.72. The van der Waals surface area contributed by atoms with E-state index in [0.29, 0.717) is 18.2 Å². The van der Waals surface area contributed by atoms with Gasteiger partial charge in [0.25, 0.3) is 0 Å². The predicted octanol–water partition coefficient (Wildman–Crippen LogP) is 4.14. The van der Waals surface area contributed by atoms with Crippen molar-refractivity contribution in [3.63, 3.8) is 0 Å². The Morgan fingerprint density at radius 2 is 1.76 bits per heavy atom. The molecule has 0 saturated carbocycles. The minimum absolute atomic E-state index is 0.0401. The van der Waals surface area contributed by atoms with Crippen LogP contribution in [0.1, 0.15) is 31.4 Å². The van der Waals surface area contributed by atoms with Gasteiger partial charge in [-0.1, -0.05) is 37.7 Å². The van der Waals surface area contributed by atoms with E-state index in [1.165, 1.54) is 0 Å². The van der Waals surface area contributed by atoms with Gasteiger partial charge in [-0.15, -0.1) is 0 Å². The van der Waals surface area contributed by atoms with E-state index < -0.39 is 33.6 Å². The molecule has 0 amide bonds. The number of benzene rings is 1. The lowest BCUT2D eigenvalue weighted by Gasteiger charge is -2.18. The summed E-state index contributed by atoms with van der Waals surface area (Å²) in [6.07, 6.45) is -3.06. The van der Waals surface area contributed by atoms with Crippen molar-refractivity contribution < 1.29 is 31.1 Å². The van der Waals surface area contributed by atoms with Crippen LogP contribution in [0.5, 0.6) is 0 Å². The van der Waals surface area contributed by atoms with Crippen LogP contribution in [0.15, 0.2) is 34.8 Å². The Morgan fingerprint density at radius 3 is 2.27 bits per heavy atom. The van der Waals surface area contributed by atoms with E-state index in [4.69, 9.17) is 0 Å². The van der Waals surface area contributed by atoms with Crippen molar-refractivity contribution in [2.24, 2.45) is 5.92 Å². The third kappa shape index (κ3) is 9.14. The first kappa shape index (κ1) is 26.8. The third-order valence-electron chi connectivity index (χ3n) is 3.96. The lowest BCUT2D eigenvalue weighted by molar-refractivity contribution is -0.137. The van der Waals surface area contributed by atoms with Gasteiger partial charge >= 0.3 is 6.18 Å². The first-order chi connectivity index (χ1) is 15.3. The van der Waals surface area contributed by atoms with Crippen LogP contribution < -0.4 is 10.0 Å². The number of hydrogen-bond acceptors (Lipinski definition) is 8. The number of aromatic nitrogens is 3. The lowest BCUT2D eigenvalue weighted by atomic mass is 10.0. The van der Waals surface area contributed by atoms with Crippen molar-refractivity contribution >= 4 is 39.5 Å². The van der Waals surface area contributed by atoms with Gasteiger partial charge in [0, 0.05) is 11.0 Å². The SMILES string of the molecule is CC(C)C[C@H](CO)Nc1nc(NS(C)(=O)=O)nc(S/C=C(\F)c2ccc(C(F)(F)F)cc2)n1. The molecule has 0 aliphatic carbocycles. The van der Waals surface area contributed by atoms with Crippen LogP contribution in [-0.2, 0) is 16.2 Å². The van der Waals surface area contributed by atoms with E-state index >= 15 is 0 Å². The Balaban J connectivity index is 2.28. The lowest BCUT2D eigenvalue weighted by Crippen LogP contribution is -2.27. The number of hydrogen-bond donors (Lipinski definition) is 3. The summed E-state index contributed by atoms with van der Waals surface area (Å²) in [4.78, 5) is 12.0. The van der Waals surface area contributed by atoms with Crippen LogP contribution >= 0.6 is 11.8 Å². The molecule has 0 spiro atoms. The number of aliphatic hydroxyl groups is 1. The summed E-state index contributed by atoms with van der Waals surface area (Å²) in [6, 6.07) is 3.08. The molecule has 0 saturated heterocycles. The molecule has 0 radical (unpaired) electrons. The number of alkyl halides is 3. The van der Waals surface area contributed by atoms with E-state index in [2.05, 4.69) is 25.0 Å². The Bertz CT molecular complexity index is 1080. The maximum atomic E-state index is 14.5. The molecule has 2 aromatic rings. The first-order valence-corrected chi connectivity index (χ1v) is 12.3. The first-order valence-electron chi connectivity index (χ1n) is 9.58. The minimum Gasteiger partial charge on any atom is -0.394 e. The van der Waals surface area contributed by atoms with Gasteiger partial charge < -0.3 is 10.4 Å². The summed E-state index contributed by atoms with van der Waals surface area (Å²) >= 11 is 0.677. The molecule has 3 N–H and O–H groups in total. The van der Waals surface area contributed by atoms with Gasteiger partial charge in [0.1, 0.15) is 5.83 Å². The van der Waals surface area contributed by atoms with Gasteiger partial charge in [-0.2, -0.15) is 28.1 Å². The highest BCUT2D eigenvalue weighted by Gasteiger charge is 2.30. The number of sulfonamides is 1. The smallest absolute Gasteiger partial charge is 0.394 e. The van der Waals surface area contributed by atoms with Gasteiger partial charge in [0.05, 0.1) is 24.5 Å². The number of nitrogens with one attached hydrogen (secondary N) is 2. The quantitative estimate of drug-likeness (QED) is 0.323. The van der Waals surface area contributed by atoms with Crippen molar-refractivity contribution in [3.8, 4) is 0 Å². The molecule has 14 heteroatoms. The number of thioether (sulfide) groups is 1. The van der Waals surface area contributed by atoms with Crippen molar-refractivity contribution in [1.82, 2.24) is 15.0 Å². The second-order valence-corrected chi connectivity index (χ2v) is 10.0. The largest absolute Gasteiger partial charge is 0.416 e. The van der Waals surface area contributed by atoms with Gasteiger partial charge in [-0.3, -0.25) is 4.72 Å². The van der Waals surface area contributed by atoms with Crippen LogP contribution in [0.4, 0.5) is 29.5 Å². The standard InChI is InChI=1S/C19H23F4N5O3S2/c1-11(2)8-14(9-29)24-16-25-17(28-33(3,30)31)27-18(26-16)32-10-15(20)12-4-6-13(7-5-12)19(21,22)23/h4-7,10-11,14,29H,8-9H2,1-3H3,(H2,24,25,26,27,28)/b15-10-/t14-/m1/s1. The molecule has 8 nitrogen and oxygen atoms in total. The molecule has 1 aromatic heterocycles. The second kappa shape index (κ2) is 11.1. The normalized spacial score (nSPS) is 13.8. The number of anilines is 2. The number of aliphatic hydroxyl groups excluding tert-OH is 1. The zero-order chi connectivity index (χ0) is 24.8. The van der Waals surface area contributed by atoms with Gasteiger partial charge in [-0.25, -0.2) is 12.8 Å². The molecule has 0 unspecified atom stereocenters. The van der Waals surface area contributed by atoms with E-state index in [9.17, 15) is 31.1 Å². The fourth-order valence-corrected chi connectivity index (χ4v) is 3.65. The highest BCUT2D eigenvalue weighted by atomic mass is 32.2. The highest BCUT2D eigenvalue weighted by Crippen LogP contribution is 2.31. The van der Waals surface area contributed by atoms with Crippen LogP contribution in [-0.4, -0.2) is 47.4 Å². The number of rotatable bonds is 10. The summed E-state index contributed by atoms with van der Waals surface area (Å²) in [6.45, 7) is 3.67. The summed E-state index contributed by atoms with van der Waals surface area (Å²) in [5.74, 6) is -0.960. The number of nitrogens with zero attached hydrogens (tertiary/aromatic N) is 3. The van der Waals surface area contributed by atoms with Crippen molar-refractivity contribution in [2.45, 2.75) is 37.6 Å². The maximum absolute atomic E-state index is 14.5. The molecule has 0 bridgehead atoms. The fraction of sp³-hybridized carbons (Fsp3) is 0.421. The Kier molecular flexibility index (Phi) is 9.03. The van der Waals surface area contributed by atoms with Crippen LogP contribution in [0, 0.1) is 5.92 Å². The summed E-state index contributed by atoms with van der Waals surface area (Å²) < 4.78 is 77.7. The zero-order valence-corrected chi connectivity index (χ0v) is 19.5. The van der Waals surface area contributed by atoms with E-state index in [-0.39, 0.29) is 35.1 Å². The zero-order valence-electron chi connectivity index (χ0n) is 17.9.